The molecule has 2 amide bonds. The van der Waals surface area contributed by atoms with E-state index in [1.807, 2.05) is 4.90 Å². The number of thiazole rings is 1. The summed E-state index contributed by atoms with van der Waals surface area (Å²) in [7, 11) is -3.87. The minimum absolute atomic E-state index is 0.0614. The van der Waals surface area contributed by atoms with Crippen molar-refractivity contribution < 1.29 is 27.5 Å². The van der Waals surface area contributed by atoms with E-state index in [1.54, 1.807) is 6.92 Å². The van der Waals surface area contributed by atoms with Gasteiger partial charge in [-0.15, -0.1) is 0 Å². The molecule has 0 aliphatic heterocycles. The maximum atomic E-state index is 13.4. The first-order valence-corrected chi connectivity index (χ1v) is 14.9. The summed E-state index contributed by atoms with van der Waals surface area (Å²) in [6.45, 7) is 4.61. The van der Waals surface area contributed by atoms with E-state index in [0.717, 1.165) is 75.7 Å². The van der Waals surface area contributed by atoms with Gasteiger partial charge in [0.2, 0.25) is 0 Å². The van der Waals surface area contributed by atoms with Crippen LogP contribution in [-0.4, -0.2) is 67.5 Å². The zero-order chi connectivity index (χ0) is 24.6. The SMILES string of the molecule is CCCOC1CCC(N(C(=O)Nc2ncc(S(=O)(=O)CC(=O)OCC)s2)C2CCCCC2)CC1. The molecule has 0 spiro atoms. The molecule has 2 aliphatic rings. The number of aromatic nitrogens is 1. The van der Waals surface area contributed by atoms with Crippen molar-refractivity contribution in [2.75, 3.05) is 24.3 Å². The fourth-order valence-corrected chi connectivity index (χ4v) is 7.02. The second kappa shape index (κ2) is 12.8. The molecule has 192 valence electrons. The number of carbonyl (C=O) groups excluding carboxylic acids is 2. The zero-order valence-corrected chi connectivity index (χ0v) is 21.8. The molecule has 2 fully saturated rings. The number of nitrogens with one attached hydrogen (secondary N) is 1. The lowest BCUT2D eigenvalue weighted by Crippen LogP contribution is -2.51. The molecule has 0 unspecified atom stereocenters. The average molecular weight is 516 g/mol. The summed E-state index contributed by atoms with van der Waals surface area (Å²) in [4.78, 5) is 31.1. The van der Waals surface area contributed by atoms with Crippen molar-refractivity contribution >= 4 is 38.3 Å². The van der Waals surface area contributed by atoms with Crippen LogP contribution >= 0.6 is 11.3 Å². The molecule has 1 aromatic heterocycles. The van der Waals surface area contributed by atoms with Crippen LogP contribution in [0.4, 0.5) is 9.93 Å². The van der Waals surface area contributed by atoms with Gasteiger partial charge in [-0.25, -0.2) is 18.2 Å². The van der Waals surface area contributed by atoms with Gasteiger partial charge in [-0.1, -0.05) is 37.5 Å². The van der Waals surface area contributed by atoms with E-state index in [1.165, 1.54) is 12.6 Å². The number of urea groups is 1. The van der Waals surface area contributed by atoms with Crippen molar-refractivity contribution in [1.82, 2.24) is 9.88 Å². The number of hydrogen-bond acceptors (Lipinski definition) is 8. The molecule has 1 N–H and O–H groups in total. The maximum Gasteiger partial charge on any atom is 0.324 e. The lowest BCUT2D eigenvalue weighted by molar-refractivity contribution is -0.139. The van der Waals surface area contributed by atoms with Crippen LogP contribution in [0.1, 0.15) is 78.1 Å². The van der Waals surface area contributed by atoms with Crippen LogP contribution in [0.5, 0.6) is 0 Å². The predicted molar refractivity (Wildman–Crippen MR) is 131 cm³/mol. The summed E-state index contributed by atoms with van der Waals surface area (Å²) in [5.74, 6) is -1.54. The smallest absolute Gasteiger partial charge is 0.324 e. The minimum Gasteiger partial charge on any atom is -0.465 e. The van der Waals surface area contributed by atoms with Crippen LogP contribution in [0.15, 0.2) is 10.4 Å². The number of anilines is 1. The number of nitrogens with zero attached hydrogens (tertiary/aromatic N) is 2. The first-order chi connectivity index (χ1) is 16.3. The molecule has 2 saturated carbocycles. The van der Waals surface area contributed by atoms with E-state index in [0.29, 0.717) is 0 Å². The molecule has 2 aliphatic carbocycles. The molecule has 1 aromatic rings. The topological polar surface area (TPSA) is 115 Å². The number of hydrogen-bond donors (Lipinski definition) is 1. The van der Waals surface area contributed by atoms with Gasteiger partial charge in [0.1, 0.15) is 4.21 Å². The number of carbonyl (C=O) groups is 2. The molecule has 0 bridgehead atoms. The summed E-state index contributed by atoms with van der Waals surface area (Å²) < 4.78 is 35.6. The first kappa shape index (κ1) is 26.9. The van der Waals surface area contributed by atoms with E-state index >= 15 is 0 Å². The van der Waals surface area contributed by atoms with Crippen molar-refractivity contribution in [3.05, 3.63) is 6.20 Å². The van der Waals surface area contributed by atoms with Gasteiger partial charge in [0.25, 0.3) is 0 Å². The normalized spacial score (nSPS) is 21.7. The fourth-order valence-electron chi connectivity index (χ4n) is 4.81. The van der Waals surface area contributed by atoms with Gasteiger partial charge in [0, 0.05) is 18.7 Å². The van der Waals surface area contributed by atoms with E-state index in [2.05, 4.69) is 17.2 Å². The van der Waals surface area contributed by atoms with Crippen LogP contribution in [0.2, 0.25) is 0 Å². The highest BCUT2D eigenvalue weighted by Crippen LogP contribution is 2.32. The van der Waals surface area contributed by atoms with Crippen molar-refractivity contribution in [2.24, 2.45) is 0 Å². The van der Waals surface area contributed by atoms with Gasteiger partial charge in [-0.3, -0.25) is 10.1 Å². The van der Waals surface area contributed by atoms with Crippen LogP contribution < -0.4 is 5.32 Å². The van der Waals surface area contributed by atoms with E-state index in [9.17, 15) is 18.0 Å². The predicted octanol–water partition coefficient (Wildman–Crippen LogP) is 4.38. The van der Waals surface area contributed by atoms with E-state index in [-0.39, 0.29) is 40.2 Å². The second-order valence-electron chi connectivity index (χ2n) is 8.98. The monoisotopic (exact) mass is 515 g/mol. The Hall–Kier alpha value is -1.72. The van der Waals surface area contributed by atoms with Crippen molar-refractivity contribution in [3.8, 4) is 0 Å². The van der Waals surface area contributed by atoms with Gasteiger partial charge in [-0.05, 0) is 51.9 Å². The van der Waals surface area contributed by atoms with Gasteiger partial charge in [0.15, 0.2) is 20.7 Å². The molecule has 9 nitrogen and oxygen atoms in total. The van der Waals surface area contributed by atoms with Crippen molar-refractivity contribution in [2.45, 2.75) is 100 Å². The van der Waals surface area contributed by atoms with Crippen molar-refractivity contribution in [1.29, 1.82) is 0 Å². The third-order valence-electron chi connectivity index (χ3n) is 6.42. The Balaban J connectivity index is 1.67. The van der Waals surface area contributed by atoms with Gasteiger partial charge in [-0.2, -0.15) is 0 Å². The third kappa shape index (κ3) is 7.39. The second-order valence-corrected chi connectivity index (χ2v) is 12.2. The Kier molecular flexibility index (Phi) is 10.1. The molecule has 0 atom stereocenters. The highest BCUT2D eigenvalue weighted by Gasteiger charge is 2.35. The standard InChI is InChI=1S/C23H37N3O6S2/c1-3-14-32-19-12-10-18(11-13-19)26(17-8-6-5-7-9-17)23(28)25-22-24-15-21(33-22)34(29,30)16-20(27)31-4-2/h15,17-19H,3-14,16H2,1-2H3,(H,24,25,28). The Morgan fingerprint density at radius 3 is 2.41 bits per heavy atom. The molecular formula is C23H37N3O6S2. The van der Waals surface area contributed by atoms with Gasteiger partial charge < -0.3 is 14.4 Å². The molecular weight excluding hydrogens is 478 g/mol. The van der Waals surface area contributed by atoms with E-state index < -0.39 is 21.6 Å². The Labute approximate surface area is 206 Å². The highest BCUT2D eigenvalue weighted by atomic mass is 32.2. The number of ether oxygens (including phenoxy) is 2. The average Bonchev–Trinajstić information content (AvgIpc) is 3.29. The summed E-state index contributed by atoms with van der Waals surface area (Å²) in [5, 5.41) is 3.05. The number of esters is 1. The quantitative estimate of drug-likeness (QED) is 0.460. The fraction of sp³-hybridized carbons (Fsp3) is 0.783. The summed E-state index contributed by atoms with van der Waals surface area (Å²) in [6, 6.07) is 0.0870. The lowest BCUT2D eigenvalue weighted by Gasteiger charge is -2.42. The summed E-state index contributed by atoms with van der Waals surface area (Å²) in [6.07, 6.45) is 11.5. The Bertz CT molecular complexity index is 906. The van der Waals surface area contributed by atoms with E-state index in [4.69, 9.17) is 9.47 Å². The molecule has 11 heteroatoms. The lowest BCUT2D eigenvalue weighted by atomic mass is 9.88. The third-order valence-corrected chi connectivity index (χ3v) is 9.47. The van der Waals surface area contributed by atoms with Gasteiger partial charge >= 0.3 is 12.0 Å². The minimum atomic E-state index is -3.87. The molecule has 3 rings (SSSR count). The number of sulfone groups is 1. The molecule has 0 aromatic carbocycles. The summed E-state index contributed by atoms with van der Waals surface area (Å²) in [5.41, 5.74) is 0. The highest BCUT2D eigenvalue weighted by molar-refractivity contribution is 7.94. The first-order valence-electron chi connectivity index (χ1n) is 12.4. The van der Waals surface area contributed by atoms with Crippen molar-refractivity contribution in [3.63, 3.8) is 0 Å². The number of amides is 2. The Morgan fingerprint density at radius 1 is 1.09 bits per heavy atom. The Morgan fingerprint density at radius 2 is 1.76 bits per heavy atom. The zero-order valence-electron chi connectivity index (χ0n) is 20.2. The molecule has 1 heterocycles. The largest absolute Gasteiger partial charge is 0.465 e. The number of rotatable bonds is 10. The van der Waals surface area contributed by atoms with Crippen LogP contribution in [-0.2, 0) is 24.1 Å². The van der Waals surface area contributed by atoms with Crippen LogP contribution in [0.3, 0.4) is 0 Å². The maximum absolute atomic E-state index is 13.4. The van der Waals surface area contributed by atoms with Gasteiger partial charge in [0.05, 0.1) is 18.9 Å². The van der Waals surface area contributed by atoms with Crippen LogP contribution in [0.25, 0.3) is 0 Å². The van der Waals surface area contributed by atoms with Crippen LogP contribution in [0, 0.1) is 0 Å². The molecule has 0 radical (unpaired) electrons. The summed E-state index contributed by atoms with van der Waals surface area (Å²) >= 11 is 0.863. The molecule has 34 heavy (non-hydrogen) atoms. The molecule has 0 saturated heterocycles.